The predicted molar refractivity (Wildman–Crippen MR) is 110 cm³/mol. The number of aromatic nitrogens is 1. The number of hydrogen-bond acceptors (Lipinski definition) is 4. The quantitative estimate of drug-likeness (QED) is 0.751. The van der Waals surface area contributed by atoms with E-state index in [9.17, 15) is 5.11 Å². The molecule has 3 aromatic rings. The van der Waals surface area contributed by atoms with Crippen molar-refractivity contribution in [3.05, 3.63) is 76.9 Å². The Bertz CT molecular complexity index is 1080. The molecule has 2 unspecified atom stereocenters. The summed E-state index contributed by atoms with van der Waals surface area (Å²) in [6.45, 7) is 4.21. The largest absolute Gasteiger partial charge is 0.509 e. The number of rotatable bonds is 4. The smallest absolute Gasteiger partial charge is 0.124 e. The Morgan fingerprint density at radius 2 is 1.89 bits per heavy atom. The van der Waals surface area contributed by atoms with Crippen LogP contribution in [0.4, 0.5) is 0 Å². The van der Waals surface area contributed by atoms with E-state index in [-0.39, 0.29) is 18.1 Å². The lowest BCUT2D eigenvalue weighted by Gasteiger charge is -2.39. The highest BCUT2D eigenvalue weighted by Gasteiger charge is 2.30. The lowest BCUT2D eigenvalue weighted by molar-refractivity contribution is 0.194. The van der Waals surface area contributed by atoms with Crippen molar-refractivity contribution in [1.29, 1.82) is 0 Å². The Balaban J connectivity index is 1.84. The molecular weight excluding hydrogens is 334 g/mol. The first-order chi connectivity index (χ1) is 13.1. The molecule has 0 saturated carbocycles. The molecule has 4 rings (SSSR count). The fraction of sp³-hybridized carbons (Fsp3) is 0.261. The van der Waals surface area contributed by atoms with Crippen LogP contribution in [0.1, 0.15) is 19.4 Å². The number of hydrogen-bond donors (Lipinski definition) is 2. The van der Waals surface area contributed by atoms with Crippen LogP contribution in [-0.2, 0) is 6.42 Å². The highest BCUT2D eigenvalue weighted by molar-refractivity contribution is 5.85. The van der Waals surface area contributed by atoms with Gasteiger partial charge in [0.1, 0.15) is 5.76 Å². The van der Waals surface area contributed by atoms with Gasteiger partial charge in [0.15, 0.2) is 0 Å². The molecule has 0 bridgehead atoms. The van der Waals surface area contributed by atoms with Gasteiger partial charge < -0.3 is 15.7 Å². The van der Waals surface area contributed by atoms with Crippen molar-refractivity contribution < 1.29 is 5.11 Å². The first-order valence-corrected chi connectivity index (χ1v) is 9.41. The van der Waals surface area contributed by atoms with E-state index < -0.39 is 0 Å². The normalized spacial score (nSPS) is 17.7. The number of pyridine rings is 1. The maximum Gasteiger partial charge on any atom is 0.124 e. The van der Waals surface area contributed by atoms with Crippen LogP contribution in [0.25, 0.3) is 22.7 Å². The predicted octanol–water partition coefficient (Wildman–Crippen LogP) is 2.51. The third kappa shape index (κ3) is 3.17. The summed E-state index contributed by atoms with van der Waals surface area (Å²) in [4.78, 5) is 6.30. The standard InChI is InChI=1S/C23H25N3O/c1-15(2)23(24)26-14-18-10-11-25-13-20(18)22(27)21(26)12-17-8-5-7-16-6-3-4-9-19(16)17/h3-11,13-15,21,23,27H,12,24H2,1-2H3. The van der Waals surface area contributed by atoms with Gasteiger partial charge in [0, 0.05) is 35.5 Å². The second-order valence-electron chi connectivity index (χ2n) is 7.52. The first kappa shape index (κ1) is 17.6. The Kier molecular flexibility index (Phi) is 4.58. The maximum absolute atomic E-state index is 11.1. The summed E-state index contributed by atoms with van der Waals surface area (Å²) in [7, 11) is 0. The molecule has 0 spiro atoms. The molecule has 2 atom stereocenters. The van der Waals surface area contributed by atoms with E-state index in [1.165, 1.54) is 16.3 Å². The number of fused-ring (bicyclic) bond motifs is 2. The number of nitrogens with zero attached hydrogens (tertiary/aromatic N) is 2. The van der Waals surface area contributed by atoms with Crippen molar-refractivity contribution in [3.63, 3.8) is 0 Å². The summed E-state index contributed by atoms with van der Waals surface area (Å²) in [5.74, 6) is 0.595. The fourth-order valence-electron chi connectivity index (χ4n) is 3.82. The summed E-state index contributed by atoms with van der Waals surface area (Å²) >= 11 is 0. The molecule has 0 aliphatic carbocycles. The molecular formula is C23H25N3O. The molecule has 0 amide bonds. The average molecular weight is 359 g/mol. The third-order valence-corrected chi connectivity index (χ3v) is 5.41. The third-order valence-electron chi connectivity index (χ3n) is 5.41. The van der Waals surface area contributed by atoms with Gasteiger partial charge in [-0.05, 0) is 28.3 Å². The van der Waals surface area contributed by atoms with E-state index >= 15 is 0 Å². The Hall–Kier alpha value is -2.85. The van der Waals surface area contributed by atoms with Crippen molar-refractivity contribution in [2.75, 3.05) is 0 Å². The van der Waals surface area contributed by atoms with Gasteiger partial charge in [-0.3, -0.25) is 4.98 Å². The van der Waals surface area contributed by atoms with Crippen LogP contribution in [0, 0.1) is 5.92 Å². The molecule has 0 fully saturated rings. The Morgan fingerprint density at radius 3 is 2.70 bits per heavy atom. The van der Waals surface area contributed by atoms with E-state index in [1.807, 2.05) is 12.1 Å². The zero-order valence-corrected chi connectivity index (χ0v) is 15.7. The summed E-state index contributed by atoms with van der Waals surface area (Å²) < 4.78 is 0. The van der Waals surface area contributed by atoms with E-state index in [1.54, 1.807) is 12.4 Å². The first-order valence-electron chi connectivity index (χ1n) is 9.41. The molecule has 0 radical (unpaired) electrons. The van der Waals surface area contributed by atoms with Crippen molar-refractivity contribution in [3.8, 4) is 0 Å². The van der Waals surface area contributed by atoms with Crippen LogP contribution in [0.2, 0.25) is 0 Å². The average Bonchev–Trinajstić information content (AvgIpc) is 2.69. The molecule has 4 nitrogen and oxygen atoms in total. The van der Waals surface area contributed by atoms with Crippen molar-refractivity contribution in [2.45, 2.75) is 32.5 Å². The van der Waals surface area contributed by atoms with Gasteiger partial charge in [0.2, 0.25) is 0 Å². The highest BCUT2D eigenvalue weighted by atomic mass is 16.3. The van der Waals surface area contributed by atoms with Gasteiger partial charge >= 0.3 is 0 Å². The van der Waals surface area contributed by atoms with Gasteiger partial charge in [-0.15, -0.1) is 0 Å². The van der Waals surface area contributed by atoms with Gasteiger partial charge in [0.25, 0.3) is 0 Å². The molecule has 3 N–H and O–H groups in total. The van der Waals surface area contributed by atoms with Crippen LogP contribution >= 0.6 is 0 Å². The Morgan fingerprint density at radius 1 is 1.11 bits per heavy atom. The number of benzene rings is 2. The molecule has 1 aromatic heterocycles. The van der Waals surface area contributed by atoms with E-state index in [0.29, 0.717) is 12.2 Å². The molecule has 2 heterocycles. The molecule has 1 aliphatic rings. The van der Waals surface area contributed by atoms with Gasteiger partial charge in [0.05, 0.1) is 12.2 Å². The number of aliphatic hydroxyl groups excluding tert-OH is 1. The van der Waals surface area contributed by atoms with Gasteiger partial charge in [-0.1, -0.05) is 56.3 Å². The maximum atomic E-state index is 11.1. The van der Waals surface area contributed by atoms with Crippen LogP contribution in [0.5, 0.6) is 0 Å². The van der Waals surface area contributed by atoms with Crippen molar-refractivity contribution >= 4 is 22.7 Å². The summed E-state index contributed by atoms with van der Waals surface area (Å²) in [6.07, 6.45) is 6.03. The summed E-state index contributed by atoms with van der Waals surface area (Å²) in [5, 5.41) is 15.3. The minimum Gasteiger partial charge on any atom is -0.509 e. The molecule has 0 saturated heterocycles. The van der Waals surface area contributed by atoms with E-state index in [4.69, 9.17) is 5.73 Å². The lowest BCUT2D eigenvalue weighted by Crippen LogP contribution is -2.54. The second kappa shape index (κ2) is 7.05. The van der Waals surface area contributed by atoms with Crippen LogP contribution in [0.3, 0.4) is 0 Å². The second-order valence-corrected chi connectivity index (χ2v) is 7.52. The minimum atomic E-state index is -0.218. The Labute approximate surface area is 159 Å². The summed E-state index contributed by atoms with van der Waals surface area (Å²) in [5.41, 5.74) is 7.72. The molecule has 138 valence electrons. The van der Waals surface area contributed by atoms with Crippen LogP contribution in [0.15, 0.2) is 60.9 Å². The zero-order valence-electron chi connectivity index (χ0n) is 15.7. The van der Waals surface area contributed by atoms with E-state index in [2.05, 4.69) is 66.3 Å². The van der Waals surface area contributed by atoms with Crippen molar-refractivity contribution in [1.82, 2.24) is 9.88 Å². The molecule has 27 heavy (non-hydrogen) atoms. The zero-order chi connectivity index (χ0) is 19.0. The monoisotopic (exact) mass is 359 g/mol. The van der Waals surface area contributed by atoms with Crippen LogP contribution < -0.4 is 16.2 Å². The molecule has 2 aromatic carbocycles. The van der Waals surface area contributed by atoms with Gasteiger partial charge in [-0.2, -0.15) is 0 Å². The molecule has 4 heteroatoms. The summed E-state index contributed by atoms with van der Waals surface area (Å²) in [6, 6.07) is 16.4. The van der Waals surface area contributed by atoms with Crippen molar-refractivity contribution in [2.24, 2.45) is 11.7 Å². The topological polar surface area (TPSA) is 62.4 Å². The van der Waals surface area contributed by atoms with E-state index in [0.717, 1.165) is 10.4 Å². The number of nitrogens with two attached hydrogens (primary N) is 1. The highest BCUT2D eigenvalue weighted by Crippen LogP contribution is 2.25. The van der Waals surface area contributed by atoms with Gasteiger partial charge in [-0.25, -0.2) is 0 Å². The fourth-order valence-corrected chi connectivity index (χ4v) is 3.82. The molecule has 1 aliphatic heterocycles. The minimum absolute atomic E-state index is 0.187. The lowest BCUT2D eigenvalue weighted by atomic mass is 9.94. The SMILES string of the molecule is CC(C)C(N)N1C=c2ccncc2=C(O)C1Cc1cccc2ccccc12. The number of aliphatic hydroxyl groups is 1. The van der Waals surface area contributed by atoms with Crippen LogP contribution in [-0.4, -0.2) is 27.2 Å².